The molecule has 0 fully saturated rings. The summed E-state index contributed by atoms with van der Waals surface area (Å²) in [7, 11) is 0. The molecule has 0 unspecified atom stereocenters. The average Bonchev–Trinajstić information content (AvgIpc) is 3.43. The molecule has 1 heterocycles. The van der Waals surface area contributed by atoms with E-state index in [1.807, 2.05) is 0 Å². The highest BCUT2D eigenvalue weighted by molar-refractivity contribution is 7.99. The number of hydrogen-bond acceptors (Lipinski definition) is 13. The van der Waals surface area contributed by atoms with E-state index in [-0.39, 0.29) is 49.0 Å². The Labute approximate surface area is 313 Å². The Kier molecular flexibility index (Phi) is 25.1. The highest BCUT2D eigenvalue weighted by Gasteiger charge is 2.24. The van der Waals surface area contributed by atoms with Crippen LogP contribution in [0.15, 0.2) is 12.2 Å². The lowest BCUT2D eigenvalue weighted by molar-refractivity contribution is -0.137. The highest BCUT2D eigenvalue weighted by Crippen LogP contribution is 2.07. The number of ether oxygens (including phenoxy) is 4. The molecule has 1 aliphatic rings. The summed E-state index contributed by atoms with van der Waals surface area (Å²) >= 11 is 0.993. The van der Waals surface area contributed by atoms with Crippen molar-refractivity contribution in [2.45, 2.75) is 71.0 Å². The van der Waals surface area contributed by atoms with Gasteiger partial charge in [0.05, 0.1) is 64.5 Å². The van der Waals surface area contributed by atoms with Crippen LogP contribution in [0.1, 0.15) is 52.9 Å². The maximum absolute atomic E-state index is 12.4. The van der Waals surface area contributed by atoms with Gasteiger partial charge < -0.3 is 50.6 Å². The molecule has 19 nitrogen and oxygen atoms in total. The zero-order valence-corrected chi connectivity index (χ0v) is 31.4. The first-order chi connectivity index (χ1) is 25.3. The lowest BCUT2D eigenvalue weighted by atomic mass is 10.2. The third-order valence-corrected chi connectivity index (χ3v) is 7.99. The Morgan fingerprint density at radius 2 is 1.15 bits per heavy atom. The molecule has 7 amide bonds. The van der Waals surface area contributed by atoms with Crippen LogP contribution in [0, 0.1) is 0 Å². The van der Waals surface area contributed by atoms with Crippen molar-refractivity contribution in [1.82, 2.24) is 31.5 Å². The Hall–Kier alpha value is -4.11. The van der Waals surface area contributed by atoms with Gasteiger partial charge in [-0.05, 0) is 33.6 Å². The zero-order valence-electron chi connectivity index (χ0n) is 30.6. The second-order valence-electron chi connectivity index (χ2n) is 11.7. The molecule has 20 heteroatoms. The molecule has 0 bridgehead atoms. The predicted octanol–water partition coefficient (Wildman–Crippen LogP) is -1.55. The molecular formula is C33H54N6O13S. The van der Waals surface area contributed by atoms with Gasteiger partial charge in [0, 0.05) is 38.1 Å². The van der Waals surface area contributed by atoms with Crippen LogP contribution in [-0.4, -0.2) is 153 Å². The number of nitrogens with zero attached hydrogens (tertiary/aromatic N) is 1. The van der Waals surface area contributed by atoms with Crippen molar-refractivity contribution in [1.29, 1.82) is 0 Å². The number of amides is 7. The molecule has 300 valence electrons. The maximum Gasteiger partial charge on any atom is 0.313 e. The van der Waals surface area contributed by atoms with Crippen LogP contribution in [-0.2, 0) is 57.3 Å². The number of imide groups is 1. The van der Waals surface area contributed by atoms with Gasteiger partial charge in [0.25, 0.3) is 11.8 Å². The summed E-state index contributed by atoms with van der Waals surface area (Å²) in [6.07, 6.45) is 4.93. The molecule has 0 aromatic carbocycles. The molecule has 3 atom stereocenters. The third kappa shape index (κ3) is 23.2. The summed E-state index contributed by atoms with van der Waals surface area (Å²) in [5, 5.41) is 21.3. The summed E-state index contributed by atoms with van der Waals surface area (Å²) < 4.78 is 21.6. The predicted molar refractivity (Wildman–Crippen MR) is 191 cm³/mol. The Morgan fingerprint density at radius 1 is 0.642 bits per heavy atom. The number of rotatable bonds is 31. The van der Waals surface area contributed by atoms with Crippen LogP contribution in [0.25, 0.3) is 0 Å². The van der Waals surface area contributed by atoms with Gasteiger partial charge in [-0.1, -0.05) is 6.42 Å². The second kappa shape index (κ2) is 28.4. The monoisotopic (exact) mass is 774 g/mol. The molecular weight excluding hydrogens is 720 g/mol. The Morgan fingerprint density at radius 3 is 1.72 bits per heavy atom. The standard InChI is InChI=1S/C33H54N6O13S/c1-23(31(46)35-22-53-21-30(44)45)37-33(48)25(3)38-32(47)24(2)36-27(41)10-13-49-15-17-51-19-20-52-18-16-50-14-11-34-26(40)7-5-4-6-12-39-28(42)8-9-29(39)43/h8-9,23-25H,4-7,10-22H2,1-3H3,(H,34,40)(H,35,46)(H,36,41)(H,37,48)(H,38,47)(H,44,45)/t23-,24-,25+/m0/s1. The maximum atomic E-state index is 12.4. The molecule has 53 heavy (non-hydrogen) atoms. The molecule has 0 saturated carbocycles. The van der Waals surface area contributed by atoms with E-state index in [1.165, 1.54) is 37.8 Å². The van der Waals surface area contributed by atoms with E-state index >= 15 is 0 Å². The van der Waals surface area contributed by atoms with E-state index in [0.29, 0.717) is 72.0 Å². The van der Waals surface area contributed by atoms with E-state index in [0.717, 1.165) is 18.2 Å². The minimum Gasteiger partial charge on any atom is -0.481 e. The molecule has 1 aliphatic heterocycles. The minimum atomic E-state index is -1.01. The summed E-state index contributed by atoms with van der Waals surface area (Å²) in [5.74, 6) is -3.94. The SMILES string of the molecule is C[C@H](NC(=O)CCOCCOCCOCCOCCNC(=O)CCCCCN1C(=O)C=CC1=O)C(=O)N[C@H](C)C(=O)N[C@@H](C)C(=O)NCSCC(=O)O. The largest absolute Gasteiger partial charge is 0.481 e. The highest BCUT2D eigenvalue weighted by atomic mass is 32.2. The van der Waals surface area contributed by atoms with E-state index in [4.69, 9.17) is 24.1 Å². The number of carbonyl (C=O) groups excluding carboxylic acids is 7. The van der Waals surface area contributed by atoms with Gasteiger partial charge in [-0.25, -0.2) is 0 Å². The van der Waals surface area contributed by atoms with Crippen LogP contribution >= 0.6 is 11.8 Å². The van der Waals surface area contributed by atoms with E-state index < -0.39 is 47.7 Å². The van der Waals surface area contributed by atoms with Gasteiger partial charge in [-0.15, -0.1) is 11.8 Å². The summed E-state index contributed by atoms with van der Waals surface area (Å²) in [6, 6.07) is -2.84. The normalized spacial score (nSPS) is 14.0. The van der Waals surface area contributed by atoms with Gasteiger partial charge in [0.1, 0.15) is 18.1 Å². The molecule has 0 saturated heterocycles. The second-order valence-corrected chi connectivity index (χ2v) is 12.7. The van der Waals surface area contributed by atoms with Gasteiger partial charge in [0.15, 0.2) is 0 Å². The van der Waals surface area contributed by atoms with E-state index in [1.54, 1.807) is 0 Å². The van der Waals surface area contributed by atoms with Gasteiger partial charge in [0.2, 0.25) is 29.5 Å². The lowest BCUT2D eigenvalue weighted by Gasteiger charge is -2.20. The molecule has 0 aromatic heterocycles. The number of nitrogens with one attached hydrogen (secondary N) is 5. The Bertz CT molecular complexity index is 1220. The van der Waals surface area contributed by atoms with Crippen molar-refractivity contribution in [2.75, 3.05) is 77.6 Å². The van der Waals surface area contributed by atoms with E-state index in [2.05, 4.69) is 26.6 Å². The number of hydrogen-bond donors (Lipinski definition) is 6. The smallest absolute Gasteiger partial charge is 0.313 e. The molecule has 1 rings (SSSR count). The van der Waals surface area contributed by atoms with Gasteiger partial charge in [-0.3, -0.25) is 43.3 Å². The number of carboxylic acid groups (broad SMARTS) is 1. The van der Waals surface area contributed by atoms with Crippen LogP contribution in [0.4, 0.5) is 0 Å². The molecule has 0 aromatic rings. The number of carboxylic acids is 1. The van der Waals surface area contributed by atoms with E-state index in [9.17, 15) is 38.4 Å². The summed E-state index contributed by atoms with van der Waals surface area (Å²) in [6.45, 7) is 7.48. The molecule has 0 radical (unpaired) electrons. The first-order valence-electron chi connectivity index (χ1n) is 17.4. The average molecular weight is 775 g/mol. The van der Waals surface area contributed by atoms with Crippen LogP contribution in [0.2, 0.25) is 0 Å². The lowest BCUT2D eigenvalue weighted by Crippen LogP contribution is -2.54. The van der Waals surface area contributed by atoms with Crippen molar-refractivity contribution in [2.24, 2.45) is 0 Å². The van der Waals surface area contributed by atoms with Crippen LogP contribution in [0.5, 0.6) is 0 Å². The molecule has 0 spiro atoms. The van der Waals surface area contributed by atoms with Crippen molar-refractivity contribution < 1.29 is 62.4 Å². The number of aliphatic carboxylic acids is 1. The number of thioether (sulfide) groups is 1. The minimum absolute atomic E-state index is 0.00313. The summed E-state index contributed by atoms with van der Waals surface area (Å²) in [5.41, 5.74) is 0. The van der Waals surface area contributed by atoms with Gasteiger partial charge in [-0.2, -0.15) is 0 Å². The van der Waals surface area contributed by atoms with Crippen molar-refractivity contribution in [3.05, 3.63) is 12.2 Å². The summed E-state index contributed by atoms with van der Waals surface area (Å²) in [4.78, 5) is 95.6. The first-order valence-corrected chi connectivity index (χ1v) is 18.6. The topological polar surface area (TPSA) is 257 Å². The number of carbonyl (C=O) groups is 8. The fourth-order valence-electron chi connectivity index (χ4n) is 4.26. The fourth-order valence-corrected chi connectivity index (χ4v) is 4.78. The van der Waals surface area contributed by atoms with Crippen molar-refractivity contribution in [3.63, 3.8) is 0 Å². The number of unbranched alkanes of at least 4 members (excludes halogenated alkanes) is 2. The first kappa shape index (κ1) is 46.9. The Balaban J connectivity index is 1.94. The van der Waals surface area contributed by atoms with Crippen molar-refractivity contribution in [3.8, 4) is 0 Å². The van der Waals surface area contributed by atoms with Crippen LogP contribution < -0.4 is 26.6 Å². The van der Waals surface area contributed by atoms with Gasteiger partial charge >= 0.3 is 5.97 Å². The van der Waals surface area contributed by atoms with Crippen molar-refractivity contribution >= 4 is 59.1 Å². The van der Waals surface area contributed by atoms with Crippen LogP contribution in [0.3, 0.4) is 0 Å². The third-order valence-electron chi connectivity index (χ3n) is 7.19. The molecule has 0 aliphatic carbocycles. The fraction of sp³-hybridized carbons (Fsp3) is 0.697. The quantitative estimate of drug-likeness (QED) is 0.0265. The molecule has 6 N–H and O–H groups in total. The zero-order chi connectivity index (χ0) is 39.4.